The smallest absolute Gasteiger partial charge is 0.226 e. The first-order valence-electron chi connectivity index (χ1n) is 4.37. The molecule has 1 aromatic heterocycles. The Hall–Kier alpha value is -0.900. The quantitative estimate of drug-likeness (QED) is 0.670. The van der Waals surface area contributed by atoms with Gasteiger partial charge in [0.15, 0.2) is 5.78 Å². The number of rotatable bonds is 0. The molecule has 2 heterocycles. The van der Waals surface area contributed by atoms with Crippen LogP contribution in [0.2, 0.25) is 0 Å². The molecule has 0 saturated carbocycles. The highest BCUT2D eigenvalue weighted by molar-refractivity contribution is 9.10. The summed E-state index contributed by atoms with van der Waals surface area (Å²) in [7, 11) is 0. The largest absolute Gasteiger partial charge is 0.471 e. The first-order chi connectivity index (χ1) is 6.48. The molecule has 0 amide bonds. The Morgan fingerprint density at radius 3 is 2.93 bits per heavy atom. The summed E-state index contributed by atoms with van der Waals surface area (Å²) in [4.78, 5) is 15.8. The van der Waals surface area contributed by atoms with Crippen LogP contribution < -0.4 is 4.74 Å². The molecule has 0 bridgehead atoms. The standard InChI is InChI=1S/C10H10BrNO2/c1-10(2)5-7(13)6-3-4-8(11)12-9(6)14-10/h3-4H,5H2,1-2H3. The highest BCUT2D eigenvalue weighted by atomic mass is 79.9. The zero-order chi connectivity index (χ0) is 10.3. The van der Waals surface area contributed by atoms with E-state index in [1.165, 1.54) is 0 Å². The number of pyridine rings is 1. The average Bonchev–Trinajstić information content (AvgIpc) is 2.00. The SMILES string of the molecule is CC1(C)CC(=O)c2ccc(Br)nc2O1. The fraction of sp³-hybridized carbons (Fsp3) is 0.400. The molecule has 0 saturated heterocycles. The van der Waals surface area contributed by atoms with Crippen molar-refractivity contribution in [1.29, 1.82) is 0 Å². The minimum atomic E-state index is -0.447. The Morgan fingerprint density at radius 1 is 1.50 bits per heavy atom. The molecule has 1 aliphatic rings. The maximum absolute atomic E-state index is 11.7. The van der Waals surface area contributed by atoms with Crippen molar-refractivity contribution < 1.29 is 9.53 Å². The molecule has 14 heavy (non-hydrogen) atoms. The van der Waals surface area contributed by atoms with Gasteiger partial charge in [-0.3, -0.25) is 4.79 Å². The van der Waals surface area contributed by atoms with Gasteiger partial charge in [0.25, 0.3) is 0 Å². The number of hydrogen-bond donors (Lipinski definition) is 0. The van der Waals surface area contributed by atoms with E-state index in [0.29, 0.717) is 22.5 Å². The predicted molar refractivity (Wildman–Crippen MR) is 55.6 cm³/mol. The minimum absolute atomic E-state index is 0.0938. The van der Waals surface area contributed by atoms with Gasteiger partial charge in [-0.1, -0.05) is 0 Å². The van der Waals surface area contributed by atoms with Gasteiger partial charge in [-0.05, 0) is 41.9 Å². The van der Waals surface area contributed by atoms with Crippen molar-refractivity contribution in [1.82, 2.24) is 4.98 Å². The van der Waals surface area contributed by atoms with Gasteiger partial charge in [0.2, 0.25) is 5.88 Å². The molecule has 2 rings (SSSR count). The van der Waals surface area contributed by atoms with Crippen molar-refractivity contribution in [2.75, 3.05) is 0 Å². The van der Waals surface area contributed by atoms with Crippen LogP contribution in [-0.4, -0.2) is 16.4 Å². The fourth-order valence-corrected chi connectivity index (χ4v) is 1.78. The lowest BCUT2D eigenvalue weighted by Crippen LogP contribution is -2.36. The third kappa shape index (κ3) is 1.66. The van der Waals surface area contributed by atoms with E-state index in [4.69, 9.17) is 4.74 Å². The van der Waals surface area contributed by atoms with Gasteiger partial charge in [0.1, 0.15) is 10.2 Å². The molecule has 0 spiro atoms. The van der Waals surface area contributed by atoms with E-state index >= 15 is 0 Å². The van der Waals surface area contributed by atoms with Crippen LogP contribution in [0, 0.1) is 0 Å². The lowest BCUT2D eigenvalue weighted by atomic mass is 9.95. The Balaban J connectivity index is 2.51. The summed E-state index contributed by atoms with van der Waals surface area (Å²) in [5.41, 5.74) is 0.130. The minimum Gasteiger partial charge on any atom is -0.471 e. The van der Waals surface area contributed by atoms with Crippen LogP contribution in [0.25, 0.3) is 0 Å². The third-order valence-electron chi connectivity index (χ3n) is 2.09. The van der Waals surface area contributed by atoms with Crippen LogP contribution in [0.1, 0.15) is 30.6 Å². The van der Waals surface area contributed by atoms with Crippen LogP contribution >= 0.6 is 15.9 Å². The van der Waals surface area contributed by atoms with Gasteiger partial charge in [0, 0.05) is 0 Å². The second kappa shape index (κ2) is 3.05. The van der Waals surface area contributed by atoms with Gasteiger partial charge >= 0.3 is 0 Å². The molecule has 0 aromatic carbocycles. The van der Waals surface area contributed by atoms with Crippen LogP contribution in [0.3, 0.4) is 0 Å². The zero-order valence-electron chi connectivity index (χ0n) is 8.00. The van der Waals surface area contributed by atoms with E-state index in [-0.39, 0.29) is 5.78 Å². The molecular weight excluding hydrogens is 246 g/mol. The van der Waals surface area contributed by atoms with E-state index in [9.17, 15) is 4.79 Å². The Morgan fingerprint density at radius 2 is 2.21 bits per heavy atom. The van der Waals surface area contributed by atoms with E-state index in [1.54, 1.807) is 12.1 Å². The number of Topliss-reactive ketones (excluding diaryl/α,β-unsaturated/α-hetero) is 1. The second-order valence-corrected chi connectivity index (χ2v) is 4.76. The highest BCUT2D eigenvalue weighted by Crippen LogP contribution is 2.32. The van der Waals surface area contributed by atoms with Crippen molar-refractivity contribution in [3.05, 3.63) is 22.3 Å². The Kier molecular flexibility index (Phi) is 2.10. The van der Waals surface area contributed by atoms with Crippen molar-refractivity contribution in [3.8, 4) is 5.88 Å². The van der Waals surface area contributed by atoms with Gasteiger partial charge in [-0.25, -0.2) is 4.98 Å². The molecule has 0 aliphatic carbocycles. The number of ether oxygens (including phenoxy) is 1. The molecule has 1 aromatic rings. The number of carbonyl (C=O) groups is 1. The summed E-state index contributed by atoms with van der Waals surface area (Å²) in [6.45, 7) is 3.77. The maximum atomic E-state index is 11.7. The molecule has 0 radical (unpaired) electrons. The van der Waals surface area contributed by atoms with Crippen molar-refractivity contribution >= 4 is 21.7 Å². The summed E-state index contributed by atoms with van der Waals surface area (Å²) in [5, 5.41) is 0. The number of aromatic nitrogens is 1. The molecule has 0 fully saturated rings. The van der Waals surface area contributed by atoms with Crippen LogP contribution in [0.5, 0.6) is 5.88 Å². The molecule has 1 aliphatic heterocycles. The first-order valence-corrected chi connectivity index (χ1v) is 5.16. The van der Waals surface area contributed by atoms with Crippen LogP contribution in [0.4, 0.5) is 0 Å². The zero-order valence-corrected chi connectivity index (χ0v) is 9.59. The van der Waals surface area contributed by atoms with Crippen molar-refractivity contribution in [3.63, 3.8) is 0 Å². The number of carbonyl (C=O) groups excluding carboxylic acids is 1. The molecule has 74 valence electrons. The summed E-state index contributed by atoms with van der Waals surface area (Å²) < 4.78 is 6.29. The molecule has 0 unspecified atom stereocenters. The monoisotopic (exact) mass is 255 g/mol. The molecule has 0 atom stereocenters. The van der Waals surface area contributed by atoms with Gasteiger partial charge in [-0.15, -0.1) is 0 Å². The molecule has 4 heteroatoms. The fourth-order valence-electron chi connectivity index (χ4n) is 1.49. The van der Waals surface area contributed by atoms with Crippen molar-refractivity contribution in [2.24, 2.45) is 0 Å². The average molecular weight is 256 g/mol. The Bertz CT molecular complexity index is 401. The summed E-state index contributed by atoms with van der Waals surface area (Å²) >= 11 is 3.25. The number of ketones is 1. The number of fused-ring (bicyclic) bond motifs is 1. The molecular formula is C10H10BrNO2. The molecule has 3 nitrogen and oxygen atoms in total. The lowest BCUT2D eigenvalue weighted by molar-refractivity contribution is 0.0589. The van der Waals surface area contributed by atoms with Gasteiger partial charge in [0.05, 0.1) is 12.0 Å². The summed E-state index contributed by atoms with van der Waals surface area (Å²) in [6.07, 6.45) is 0.406. The Labute approximate surface area is 90.6 Å². The topological polar surface area (TPSA) is 39.2 Å². The lowest BCUT2D eigenvalue weighted by Gasteiger charge is -2.30. The number of nitrogens with zero attached hydrogens (tertiary/aromatic N) is 1. The number of halogens is 1. The van der Waals surface area contributed by atoms with Crippen LogP contribution in [0.15, 0.2) is 16.7 Å². The maximum Gasteiger partial charge on any atom is 0.226 e. The van der Waals surface area contributed by atoms with Crippen molar-refractivity contribution in [2.45, 2.75) is 25.9 Å². The second-order valence-electron chi connectivity index (χ2n) is 3.95. The highest BCUT2D eigenvalue weighted by Gasteiger charge is 2.33. The molecule has 0 N–H and O–H groups in total. The normalized spacial score (nSPS) is 18.6. The van der Waals surface area contributed by atoms with Gasteiger partial charge < -0.3 is 4.74 Å². The summed E-state index contributed by atoms with van der Waals surface area (Å²) in [5.74, 6) is 0.525. The van der Waals surface area contributed by atoms with E-state index in [2.05, 4.69) is 20.9 Å². The number of hydrogen-bond acceptors (Lipinski definition) is 3. The van der Waals surface area contributed by atoms with Gasteiger partial charge in [-0.2, -0.15) is 0 Å². The van der Waals surface area contributed by atoms with E-state index in [1.807, 2.05) is 13.8 Å². The third-order valence-corrected chi connectivity index (χ3v) is 2.53. The van der Waals surface area contributed by atoms with Crippen LogP contribution in [-0.2, 0) is 0 Å². The first kappa shape index (κ1) is 9.65. The predicted octanol–water partition coefficient (Wildman–Crippen LogP) is 2.59. The summed E-state index contributed by atoms with van der Waals surface area (Å²) in [6, 6.07) is 3.49. The van der Waals surface area contributed by atoms with E-state index in [0.717, 1.165) is 0 Å². The van der Waals surface area contributed by atoms with E-state index < -0.39 is 5.60 Å².